The van der Waals surface area contributed by atoms with E-state index in [9.17, 15) is 8.78 Å². The lowest BCUT2D eigenvalue weighted by Gasteiger charge is -2.47. The van der Waals surface area contributed by atoms with Gasteiger partial charge in [-0.25, -0.2) is 8.78 Å². The first kappa shape index (κ1) is 19.6. The third-order valence-electron chi connectivity index (χ3n) is 6.85. The molecule has 0 aliphatic heterocycles. The van der Waals surface area contributed by atoms with Crippen molar-refractivity contribution in [3.8, 4) is 0 Å². The minimum absolute atomic E-state index is 0.243. The number of hydrogen-bond acceptors (Lipinski definition) is 0. The molecule has 0 heterocycles. The summed E-state index contributed by atoms with van der Waals surface area (Å²) in [5, 5.41) is 0.750. The van der Waals surface area contributed by atoms with Gasteiger partial charge in [-0.1, -0.05) is 35.9 Å². The fourth-order valence-electron chi connectivity index (χ4n) is 5.69. The number of hydrogen-bond donors (Lipinski definition) is 0. The summed E-state index contributed by atoms with van der Waals surface area (Å²) in [7, 11) is 0. The van der Waals surface area contributed by atoms with Crippen molar-refractivity contribution in [2.45, 2.75) is 57.3 Å². The van der Waals surface area contributed by atoms with Crippen molar-refractivity contribution in [1.29, 1.82) is 0 Å². The third kappa shape index (κ3) is 3.76. The molecule has 0 amide bonds. The number of benzene rings is 2. The second-order valence-corrected chi connectivity index (χ2v) is 8.76. The normalized spacial score (nSPS) is 26.9. The highest BCUT2D eigenvalue weighted by Crippen LogP contribution is 2.55. The Morgan fingerprint density at radius 2 is 1.86 bits per heavy atom. The standard InChI is InChI=1S/C25H27ClF2/c1-2-3-4-5-16-8-11-20-22(25(16)17-6-9-18(26)10-7-17)13-12-21-23(20)14-19(27)15-24(21)28/h2-3,6-7,9-10,14-16,20,22,25H,4-5,8,11-13H2,1H3/b3-2+/t16-,20-,22+,25-/m1/s1. The predicted octanol–water partition coefficient (Wildman–Crippen LogP) is 7.81. The molecule has 4 rings (SSSR count). The fraction of sp³-hybridized carbons (Fsp3) is 0.440. The number of halogens is 3. The SMILES string of the molecule is C/C=C/CC[C@@H]1CC[C@H]2c3cc(F)cc(F)c3CC[C@@H]2[C@H]1c1ccc(Cl)cc1. The quantitative estimate of drug-likeness (QED) is 0.459. The van der Waals surface area contributed by atoms with Crippen LogP contribution in [0.1, 0.15) is 67.6 Å². The zero-order valence-corrected chi connectivity index (χ0v) is 17.1. The summed E-state index contributed by atoms with van der Waals surface area (Å²) >= 11 is 6.14. The monoisotopic (exact) mass is 400 g/mol. The predicted molar refractivity (Wildman–Crippen MR) is 112 cm³/mol. The molecule has 2 aromatic carbocycles. The number of fused-ring (bicyclic) bond motifs is 3. The van der Waals surface area contributed by atoms with Gasteiger partial charge in [0, 0.05) is 11.1 Å². The summed E-state index contributed by atoms with van der Waals surface area (Å²) in [5.41, 5.74) is 2.98. The van der Waals surface area contributed by atoms with Gasteiger partial charge in [0.05, 0.1) is 0 Å². The van der Waals surface area contributed by atoms with Gasteiger partial charge in [0.25, 0.3) is 0 Å². The Bertz CT molecular complexity index is 856. The Balaban J connectivity index is 1.71. The fourth-order valence-corrected chi connectivity index (χ4v) is 5.81. The van der Waals surface area contributed by atoms with Crippen molar-refractivity contribution in [2.24, 2.45) is 11.8 Å². The summed E-state index contributed by atoms with van der Waals surface area (Å²) < 4.78 is 28.4. The summed E-state index contributed by atoms with van der Waals surface area (Å²) in [6.07, 6.45) is 10.4. The zero-order chi connectivity index (χ0) is 19.7. The van der Waals surface area contributed by atoms with Crippen LogP contribution in [0.2, 0.25) is 5.02 Å². The van der Waals surface area contributed by atoms with Crippen LogP contribution < -0.4 is 0 Å². The van der Waals surface area contributed by atoms with Crippen molar-refractivity contribution in [2.75, 3.05) is 0 Å². The highest BCUT2D eigenvalue weighted by atomic mass is 35.5. The first-order valence-corrected chi connectivity index (χ1v) is 10.8. The van der Waals surface area contributed by atoms with Crippen LogP contribution >= 0.6 is 11.6 Å². The molecule has 0 saturated heterocycles. The topological polar surface area (TPSA) is 0 Å². The molecule has 0 radical (unpaired) electrons. The van der Waals surface area contributed by atoms with Crippen LogP contribution in [0.15, 0.2) is 48.6 Å². The highest BCUT2D eigenvalue weighted by Gasteiger charge is 2.43. The summed E-state index contributed by atoms with van der Waals surface area (Å²) in [6, 6.07) is 10.9. The van der Waals surface area contributed by atoms with Gasteiger partial charge >= 0.3 is 0 Å². The summed E-state index contributed by atoms with van der Waals surface area (Å²) in [6.45, 7) is 2.06. The molecule has 4 atom stereocenters. The van der Waals surface area contributed by atoms with E-state index in [0.29, 0.717) is 24.2 Å². The smallest absolute Gasteiger partial charge is 0.129 e. The van der Waals surface area contributed by atoms with Crippen molar-refractivity contribution >= 4 is 11.6 Å². The van der Waals surface area contributed by atoms with E-state index in [-0.39, 0.29) is 11.7 Å². The lowest BCUT2D eigenvalue weighted by atomic mass is 9.57. The van der Waals surface area contributed by atoms with Crippen molar-refractivity contribution < 1.29 is 8.78 Å². The maximum Gasteiger partial charge on any atom is 0.129 e. The van der Waals surface area contributed by atoms with Crippen molar-refractivity contribution in [1.82, 2.24) is 0 Å². The largest absolute Gasteiger partial charge is 0.207 e. The molecular weight excluding hydrogens is 374 g/mol. The van der Waals surface area contributed by atoms with E-state index in [0.717, 1.165) is 54.3 Å². The van der Waals surface area contributed by atoms with E-state index in [1.807, 2.05) is 12.1 Å². The second kappa shape index (κ2) is 8.37. The average Bonchev–Trinajstić information content (AvgIpc) is 2.68. The van der Waals surface area contributed by atoms with E-state index in [4.69, 9.17) is 11.6 Å². The van der Waals surface area contributed by atoms with Gasteiger partial charge in [0.2, 0.25) is 0 Å². The molecule has 1 fully saturated rings. The Kier molecular flexibility index (Phi) is 5.87. The third-order valence-corrected chi connectivity index (χ3v) is 7.10. The molecule has 28 heavy (non-hydrogen) atoms. The average molecular weight is 401 g/mol. The van der Waals surface area contributed by atoms with Gasteiger partial charge < -0.3 is 0 Å². The molecule has 0 aromatic heterocycles. The molecule has 0 N–H and O–H groups in total. The van der Waals surface area contributed by atoms with Gasteiger partial charge in [-0.05, 0) is 104 Å². The molecule has 0 bridgehead atoms. The molecule has 3 heteroatoms. The zero-order valence-electron chi connectivity index (χ0n) is 16.3. The Morgan fingerprint density at radius 3 is 2.61 bits per heavy atom. The first-order chi connectivity index (χ1) is 13.6. The van der Waals surface area contributed by atoms with Crippen molar-refractivity contribution in [3.63, 3.8) is 0 Å². The van der Waals surface area contributed by atoms with Crippen LogP contribution in [0.4, 0.5) is 8.78 Å². The highest BCUT2D eigenvalue weighted by molar-refractivity contribution is 6.30. The molecule has 148 valence electrons. The molecule has 2 aromatic rings. The van der Waals surface area contributed by atoms with Crippen LogP contribution in [0, 0.1) is 23.5 Å². The molecule has 2 aliphatic carbocycles. The molecule has 0 nitrogen and oxygen atoms in total. The molecule has 0 spiro atoms. The number of allylic oxidation sites excluding steroid dienone is 2. The maximum atomic E-state index is 14.4. The van der Waals surface area contributed by atoms with Gasteiger partial charge in [-0.3, -0.25) is 0 Å². The van der Waals surface area contributed by atoms with E-state index >= 15 is 0 Å². The first-order valence-electron chi connectivity index (χ1n) is 10.4. The summed E-state index contributed by atoms with van der Waals surface area (Å²) in [4.78, 5) is 0. The van der Waals surface area contributed by atoms with Crippen molar-refractivity contribution in [3.05, 3.63) is 81.9 Å². The van der Waals surface area contributed by atoms with Crippen LogP contribution in [-0.2, 0) is 6.42 Å². The minimum Gasteiger partial charge on any atom is -0.207 e. The van der Waals surface area contributed by atoms with Gasteiger partial charge in [0.15, 0.2) is 0 Å². The Morgan fingerprint density at radius 1 is 1.07 bits per heavy atom. The van der Waals surface area contributed by atoms with Crippen LogP contribution in [-0.4, -0.2) is 0 Å². The van der Waals surface area contributed by atoms with Gasteiger partial charge in [0.1, 0.15) is 11.6 Å². The molecule has 0 unspecified atom stereocenters. The second-order valence-electron chi connectivity index (χ2n) is 8.33. The Labute approximate surface area is 171 Å². The lowest BCUT2D eigenvalue weighted by molar-refractivity contribution is 0.161. The van der Waals surface area contributed by atoms with E-state index in [2.05, 4.69) is 31.2 Å². The van der Waals surface area contributed by atoms with E-state index < -0.39 is 5.82 Å². The van der Waals surface area contributed by atoms with Gasteiger partial charge in [-0.15, -0.1) is 0 Å². The van der Waals surface area contributed by atoms with Crippen LogP contribution in [0.3, 0.4) is 0 Å². The van der Waals surface area contributed by atoms with E-state index in [1.54, 1.807) is 6.07 Å². The summed E-state index contributed by atoms with van der Waals surface area (Å²) in [5.74, 6) is 0.869. The number of rotatable bonds is 4. The molecule has 2 aliphatic rings. The van der Waals surface area contributed by atoms with Crippen LogP contribution in [0.5, 0.6) is 0 Å². The van der Waals surface area contributed by atoms with E-state index in [1.165, 1.54) is 5.56 Å². The lowest BCUT2D eigenvalue weighted by Crippen LogP contribution is -2.35. The maximum absolute atomic E-state index is 14.4. The molecule has 1 saturated carbocycles. The molecular formula is C25H27ClF2. The van der Waals surface area contributed by atoms with Gasteiger partial charge in [-0.2, -0.15) is 0 Å². The van der Waals surface area contributed by atoms with Crippen LogP contribution in [0.25, 0.3) is 0 Å². The minimum atomic E-state index is -0.449. The Hall–Kier alpha value is -1.67.